The first-order valence-corrected chi connectivity index (χ1v) is 14.6. The summed E-state index contributed by atoms with van der Waals surface area (Å²) in [6.45, 7) is 6.52. The molecule has 4 heterocycles. The van der Waals surface area contributed by atoms with Gasteiger partial charge in [-0.05, 0) is 42.1 Å². The Morgan fingerprint density at radius 2 is 1.47 bits per heavy atom. The Labute approximate surface area is 276 Å². The topological polar surface area (TPSA) is 56.7 Å². The summed E-state index contributed by atoms with van der Waals surface area (Å²) < 4.78 is 8.41. The molecule has 4 aromatic carbocycles. The van der Waals surface area contributed by atoms with Crippen LogP contribution in [0.5, 0.6) is 0 Å². The van der Waals surface area contributed by atoms with Crippen LogP contribution < -0.4 is 0 Å². The first kappa shape index (κ1) is 30.1. The Bertz CT molecular complexity index is 2160. The van der Waals surface area contributed by atoms with E-state index in [-0.39, 0.29) is 25.5 Å². The fourth-order valence-electron chi connectivity index (χ4n) is 5.30. The molecule has 0 unspecified atom stereocenters. The zero-order valence-electron chi connectivity index (χ0n) is 25.2. The van der Waals surface area contributed by atoms with Crippen molar-refractivity contribution in [2.75, 3.05) is 0 Å². The normalized spacial score (nSPS) is 11.3. The van der Waals surface area contributed by atoms with Gasteiger partial charge >= 0.3 is 0 Å². The average Bonchev–Trinajstić information content (AvgIpc) is 3.64. The first-order chi connectivity index (χ1) is 21.5. The minimum atomic E-state index is -0.0645. The van der Waals surface area contributed by atoms with Crippen LogP contribution in [0.4, 0.5) is 0 Å². The van der Waals surface area contributed by atoms with Crippen molar-refractivity contribution in [1.29, 1.82) is 0 Å². The predicted molar refractivity (Wildman–Crippen MR) is 178 cm³/mol. The Morgan fingerprint density at radius 3 is 2.22 bits per heavy atom. The van der Waals surface area contributed by atoms with E-state index in [1.165, 1.54) is 0 Å². The molecule has 6 heteroatoms. The van der Waals surface area contributed by atoms with Crippen molar-refractivity contribution in [3.05, 3.63) is 145 Å². The van der Waals surface area contributed by atoms with Crippen LogP contribution >= 0.6 is 0 Å². The number of hydrogen-bond acceptors (Lipinski definition) is 4. The number of benzene rings is 4. The van der Waals surface area contributed by atoms with Crippen molar-refractivity contribution < 1.29 is 24.5 Å². The molecule has 0 amide bonds. The molecule has 0 saturated carbocycles. The Kier molecular flexibility index (Phi) is 8.44. The van der Waals surface area contributed by atoms with Crippen molar-refractivity contribution >= 4 is 33.1 Å². The number of nitrogens with zero attached hydrogens (tertiary/aromatic N) is 4. The second kappa shape index (κ2) is 12.6. The molecule has 8 aromatic rings. The van der Waals surface area contributed by atoms with Gasteiger partial charge in [-0.2, -0.15) is 0 Å². The maximum absolute atomic E-state index is 6.30. The van der Waals surface area contributed by atoms with Crippen LogP contribution in [0.2, 0.25) is 0 Å². The van der Waals surface area contributed by atoms with E-state index >= 15 is 0 Å². The molecule has 45 heavy (non-hydrogen) atoms. The number of aromatic nitrogens is 4. The third kappa shape index (κ3) is 5.95. The summed E-state index contributed by atoms with van der Waals surface area (Å²) in [7, 11) is 0. The Balaban J connectivity index is 0.000000231. The standard InChI is InChI=1S/C28H22N3O.C11H8N.Ir/c1-28(2,3)24-17-16-22-27(30-24)31(18-10-5-4-6-11-18)26(29-22)21-14-9-13-20-19-12-7-8-15-23(19)32-25(20)21;1-2-6-10(7-3-1)11-8-4-5-9-12-11;/h4-13,15-17H,1-3H3;1-6,8-9H;/q2*-1;. The minimum Gasteiger partial charge on any atom is -0.501 e. The molecule has 0 aliphatic heterocycles. The van der Waals surface area contributed by atoms with E-state index in [4.69, 9.17) is 14.4 Å². The molecule has 0 fully saturated rings. The molecule has 5 nitrogen and oxygen atoms in total. The van der Waals surface area contributed by atoms with Gasteiger partial charge in [-0.1, -0.05) is 80.3 Å². The monoisotopic (exact) mass is 763 g/mol. The van der Waals surface area contributed by atoms with Gasteiger partial charge in [-0.15, -0.1) is 54.1 Å². The van der Waals surface area contributed by atoms with Gasteiger partial charge < -0.3 is 14.0 Å². The summed E-state index contributed by atoms with van der Waals surface area (Å²) in [5.74, 6) is 0.773. The molecular weight excluding hydrogens is 733 g/mol. The van der Waals surface area contributed by atoms with E-state index < -0.39 is 0 Å². The number of pyridine rings is 2. The van der Waals surface area contributed by atoms with E-state index in [0.717, 1.165) is 67.1 Å². The second-order valence-electron chi connectivity index (χ2n) is 11.6. The van der Waals surface area contributed by atoms with E-state index in [1.807, 2.05) is 84.9 Å². The predicted octanol–water partition coefficient (Wildman–Crippen LogP) is 9.63. The van der Waals surface area contributed by atoms with Gasteiger partial charge in [0.05, 0.1) is 16.9 Å². The van der Waals surface area contributed by atoms with E-state index in [0.29, 0.717) is 0 Å². The smallest absolute Gasteiger partial charge is 0.155 e. The molecular formula is C39H30IrN4O-2. The SMILES string of the molecule is CC(C)(C)c1ccc2nc(-c3[c-]ccc4c3oc3ccccc34)n(-c3ccccc3)c2n1.[Ir].[c-]1ccccc1-c1ccccn1. The van der Waals surface area contributed by atoms with Crippen LogP contribution in [0.25, 0.3) is 61.4 Å². The molecule has 0 N–H and O–H groups in total. The zero-order valence-corrected chi connectivity index (χ0v) is 27.5. The number of furan rings is 1. The Hall–Kier alpha value is -4.90. The fourth-order valence-corrected chi connectivity index (χ4v) is 5.30. The van der Waals surface area contributed by atoms with Crippen LogP contribution in [0.1, 0.15) is 26.5 Å². The van der Waals surface area contributed by atoms with Crippen molar-refractivity contribution in [3.8, 4) is 28.3 Å². The molecule has 0 saturated heterocycles. The van der Waals surface area contributed by atoms with Gasteiger partial charge in [-0.3, -0.25) is 4.98 Å². The zero-order chi connectivity index (χ0) is 30.1. The second-order valence-corrected chi connectivity index (χ2v) is 11.6. The number of fused-ring (bicyclic) bond motifs is 4. The van der Waals surface area contributed by atoms with E-state index in [2.05, 4.69) is 78.9 Å². The summed E-state index contributed by atoms with van der Waals surface area (Å²) in [6.07, 6.45) is 1.79. The first-order valence-electron chi connectivity index (χ1n) is 14.6. The van der Waals surface area contributed by atoms with Crippen LogP contribution in [0.15, 0.2) is 132 Å². The minimum absolute atomic E-state index is 0. The van der Waals surface area contributed by atoms with Crippen molar-refractivity contribution in [2.45, 2.75) is 26.2 Å². The van der Waals surface area contributed by atoms with Gasteiger partial charge in [-0.25, -0.2) is 4.98 Å². The van der Waals surface area contributed by atoms with Crippen LogP contribution in [-0.2, 0) is 25.5 Å². The molecule has 0 bridgehead atoms. The maximum Gasteiger partial charge on any atom is 0.155 e. The summed E-state index contributed by atoms with van der Waals surface area (Å²) in [4.78, 5) is 14.3. The molecule has 223 valence electrons. The molecule has 1 radical (unpaired) electrons. The largest absolute Gasteiger partial charge is 0.501 e. The van der Waals surface area contributed by atoms with Gasteiger partial charge in [0, 0.05) is 48.5 Å². The molecule has 8 rings (SSSR count). The maximum atomic E-state index is 6.30. The van der Waals surface area contributed by atoms with E-state index in [1.54, 1.807) is 6.20 Å². The number of para-hydroxylation sites is 2. The summed E-state index contributed by atoms with van der Waals surface area (Å²) in [5.41, 5.74) is 8.14. The van der Waals surface area contributed by atoms with Gasteiger partial charge in [0.25, 0.3) is 0 Å². The quantitative estimate of drug-likeness (QED) is 0.168. The third-order valence-electron chi connectivity index (χ3n) is 7.50. The molecule has 4 aromatic heterocycles. The summed E-state index contributed by atoms with van der Waals surface area (Å²) in [5, 5.41) is 2.15. The van der Waals surface area contributed by atoms with Crippen molar-refractivity contribution in [1.82, 2.24) is 19.5 Å². The van der Waals surface area contributed by atoms with Gasteiger partial charge in [0.2, 0.25) is 0 Å². The number of imidazole rings is 1. The molecule has 0 aliphatic carbocycles. The van der Waals surface area contributed by atoms with Crippen molar-refractivity contribution in [3.63, 3.8) is 0 Å². The number of hydrogen-bond donors (Lipinski definition) is 0. The number of rotatable bonds is 3. The van der Waals surface area contributed by atoms with Crippen LogP contribution in [-0.4, -0.2) is 19.5 Å². The van der Waals surface area contributed by atoms with Crippen LogP contribution in [0.3, 0.4) is 0 Å². The van der Waals surface area contributed by atoms with Crippen molar-refractivity contribution in [2.24, 2.45) is 0 Å². The summed E-state index contributed by atoms with van der Waals surface area (Å²) >= 11 is 0. The van der Waals surface area contributed by atoms with Gasteiger partial charge in [0.15, 0.2) is 5.65 Å². The third-order valence-corrected chi connectivity index (χ3v) is 7.50. The van der Waals surface area contributed by atoms with Crippen LogP contribution in [0, 0.1) is 12.1 Å². The summed E-state index contributed by atoms with van der Waals surface area (Å²) in [6, 6.07) is 46.7. The molecule has 0 aliphatic rings. The van der Waals surface area contributed by atoms with Gasteiger partial charge in [0.1, 0.15) is 5.58 Å². The fraction of sp³-hybridized carbons (Fsp3) is 0.103. The molecule has 0 atom stereocenters. The van der Waals surface area contributed by atoms with E-state index in [9.17, 15) is 0 Å². The average molecular weight is 763 g/mol. The molecule has 0 spiro atoms. The Morgan fingerprint density at radius 1 is 0.689 bits per heavy atom.